The van der Waals surface area contributed by atoms with Crippen LogP contribution in [0.25, 0.3) is 0 Å². The van der Waals surface area contributed by atoms with Crippen molar-refractivity contribution in [3.63, 3.8) is 0 Å². The molecule has 19 heavy (non-hydrogen) atoms. The van der Waals surface area contributed by atoms with E-state index in [0.717, 1.165) is 22.9 Å². The maximum absolute atomic E-state index is 12.6. The Morgan fingerprint density at radius 3 is 2.63 bits per heavy atom. The van der Waals surface area contributed by atoms with Gasteiger partial charge in [-0.15, -0.1) is 0 Å². The zero-order valence-electron chi connectivity index (χ0n) is 10.9. The molecule has 2 N–H and O–H groups in total. The monoisotopic (exact) mass is 323 g/mol. The van der Waals surface area contributed by atoms with Gasteiger partial charge in [0.1, 0.15) is 0 Å². The summed E-state index contributed by atoms with van der Waals surface area (Å²) in [5.74, 6) is 0.0691. The molecule has 0 bridgehead atoms. The molecule has 0 unspecified atom stereocenters. The van der Waals surface area contributed by atoms with Gasteiger partial charge < -0.3 is 10.4 Å². The molecule has 1 aromatic carbocycles. The maximum Gasteiger partial charge on any atom is 0.231 e. The van der Waals surface area contributed by atoms with Crippen molar-refractivity contribution in [3.8, 4) is 0 Å². The molecule has 0 aliphatic heterocycles. The second kappa shape index (κ2) is 4.32. The SMILES string of the molecule is C[C@]1(O)C[C@](C(=O)NC2CC2)(c2cccc(Br)c2)C1. The van der Waals surface area contributed by atoms with Crippen LogP contribution < -0.4 is 5.32 Å². The van der Waals surface area contributed by atoms with Gasteiger partial charge in [0, 0.05) is 10.5 Å². The van der Waals surface area contributed by atoms with Crippen LogP contribution in [0.1, 0.15) is 38.2 Å². The minimum absolute atomic E-state index is 0.0691. The topological polar surface area (TPSA) is 49.3 Å². The molecule has 102 valence electrons. The van der Waals surface area contributed by atoms with Crippen molar-refractivity contribution in [1.82, 2.24) is 5.32 Å². The van der Waals surface area contributed by atoms with Gasteiger partial charge >= 0.3 is 0 Å². The lowest BCUT2D eigenvalue weighted by atomic mass is 9.56. The number of amides is 1. The highest BCUT2D eigenvalue weighted by molar-refractivity contribution is 9.10. The van der Waals surface area contributed by atoms with E-state index in [2.05, 4.69) is 21.2 Å². The summed E-state index contributed by atoms with van der Waals surface area (Å²) in [7, 11) is 0. The van der Waals surface area contributed by atoms with Gasteiger partial charge in [-0.1, -0.05) is 28.1 Å². The summed E-state index contributed by atoms with van der Waals surface area (Å²) in [5, 5.41) is 13.2. The number of benzene rings is 1. The summed E-state index contributed by atoms with van der Waals surface area (Å²) in [4.78, 5) is 12.6. The number of hydrogen-bond acceptors (Lipinski definition) is 2. The van der Waals surface area contributed by atoms with Crippen molar-refractivity contribution >= 4 is 21.8 Å². The lowest BCUT2D eigenvalue weighted by Gasteiger charge is -2.50. The van der Waals surface area contributed by atoms with Crippen LogP contribution in [-0.2, 0) is 10.2 Å². The van der Waals surface area contributed by atoms with Gasteiger partial charge in [0.15, 0.2) is 0 Å². The Labute approximate surface area is 121 Å². The summed E-state index contributed by atoms with van der Waals surface area (Å²) in [5.41, 5.74) is -0.300. The van der Waals surface area contributed by atoms with Crippen LogP contribution in [0.2, 0.25) is 0 Å². The summed E-state index contributed by atoms with van der Waals surface area (Å²) in [6, 6.07) is 8.21. The van der Waals surface area contributed by atoms with E-state index in [1.807, 2.05) is 24.3 Å². The fourth-order valence-corrected chi connectivity index (χ4v) is 3.48. The van der Waals surface area contributed by atoms with Crippen LogP contribution in [0.15, 0.2) is 28.7 Å². The molecule has 4 heteroatoms. The molecule has 0 aromatic heterocycles. The highest BCUT2D eigenvalue weighted by Crippen LogP contribution is 2.51. The number of hydrogen-bond donors (Lipinski definition) is 2. The molecule has 0 radical (unpaired) electrons. The minimum Gasteiger partial charge on any atom is -0.390 e. The smallest absolute Gasteiger partial charge is 0.231 e. The Kier molecular flexibility index (Phi) is 2.98. The third-order valence-electron chi connectivity index (χ3n) is 4.09. The zero-order valence-corrected chi connectivity index (χ0v) is 12.5. The summed E-state index contributed by atoms with van der Waals surface area (Å²) in [6.07, 6.45) is 3.15. The van der Waals surface area contributed by atoms with Crippen molar-refractivity contribution in [1.29, 1.82) is 0 Å². The molecule has 0 atom stereocenters. The van der Waals surface area contributed by atoms with Crippen LogP contribution in [0.4, 0.5) is 0 Å². The number of nitrogens with one attached hydrogen (secondary N) is 1. The first-order chi connectivity index (χ1) is 8.91. The fraction of sp³-hybridized carbons (Fsp3) is 0.533. The van der Waals surface area contributed by atoms with E-state index in [0.29, 0.717) is 18.9 Å². The molecule has 2 aliphatic carbocycles. The highest BCUT2D eigenvalue weighted by atomic mass is 79.9. The van der Waals surface area contributed by atoms with Crippen LogP contribution >= 0.6 is 15.9 Å². The third-order valence-corrected chi connectivity index (χ3v) is 4.58. The number of rotatable bonds is 3. The van der Waals surface area contributed by atoms with Gasteiger partial charge in [0.2, 0.25) is 5.91 Å². The Bertz CT molecular complexity index is 515. The molecular formula is C15H18BrNO2. The first-order valence-corrected chi connectivity index (χ1v) is 7.50. The second-order valence-electron chi connectivity index (χ2n) is 6.19. The Morgan fingerprint density at radius 2 is 2.11 bits per heavy atom. The van der Waals surface area contributed by atoms with Crippen molar-refractivity contribution in [2.24, 2.45) is 0 Å². The Morgan fingerprint density at radius 1 is 1.42 bits per heavy atom. The van der Waals surface area contributed by atoms with Gasteiger partial charge in [0.05, 0.1) is 11.0 Å². The third kappa shape index (κ3) is 2.43. The largest absolute Gasteiger partial charge is 0.390 e. The van der Waals surface area contributed by atoms with E-state index in [1.165, 1.54) is 0 Å². The number of carbonyl (C=O) groups excluding carboxylic acids is 1. The molecule has 0 saturated heterocycles. The van der Waals surface area contributed by atoms with E-state index in [4.69, 9.17) is 0 Å². The first-order valence-electron chi connectivity index (χ1n) is 6.71. The Balaban J connectivity index is 1.91. The van der Waals surface area contributed by atoms with E-state index in [-0.39, 0.29) is 5.91 Å². The number of aliphatic hydroxyl groups is 1. The lowest BCUT2D eigenvalue weighted by Crippen LogP contribution is -2.60. The van der Waals surface area contributed by atoms with Crippen molar-refractivity contribution in [2.45, 2.75) is 49.7 Å². The van der Waals surface area contributed by atoms with Gasteiger partial charge in [-0.3, -0.25) is 4.79 Å². The molecule has 2 saturated carbocycles. The van der Waals surface area contributed by atoms with E-state index in [1.54, 1.807) is 6.92 Å². The maximum atomic E-state index is 12.6. The minimum atomic E-state index is -0.733. The number of halogens is 1. The van der Waals surface area contributed by atoms with E-state index >= 15 is 0 Å². The van der Waals surface area contributed by atoms with E-state index in [9.17, 15) is 9.90 Å². The van der Waals surface area contributed by atoms with Crippen LogP contribution in [0, 0.1) is 0 Å². The molecule has 1 amide bonds. The Hall–Kier alpha value is -0.870. The van der Waals surface area contributed by atoms with Gasteiger partial charge in [-0.05, 0) is 50.3 Å². The average Bonchev–Trinajstić information content (AvgIpc) is 3.09. The predicted octanol–water partition coefficient (Wildman–Crippen LogP) is 2.51. The molecule has 3 rings (SSSR count). The van der Waals surface area contributed by atoms with Crippen molar-refractivity contribution in [3.05, 3.63) is 34.3 Å². The average molecular weight is 324 g/mol. The van der Waals surface area contributed by atoms with Gasteiger partial charge in [0.25, 0.3) is 0 Å². The normalized spacial score (nSPS) is 33.6. The lowest BCUT2D eigenvalue weighted by molar-refractivity contribution is -0.145. The number of carbonyl (C=O) groups is 1. The van der Waals surface area contributed by atoms with Crippen LogP contribution in [-0.4, -0.2) is 22.7 Å². The molecule has 0 spiro atoms. The predicted molar refractivity (Wildman–Crippen MR) is 76.8 cm³/mol. The quantitative estimate of drug-likeness (QED) is 0.898. The highest BCUT2D eigenvalue weighted by Gasteiger charge is 2.57. The van der Waals surface area contributed by atoms with Gasteiger partial charge in [-0.2, -0.15) is 0 Å². The molecule has 0 heterocycles. The molecule has 1 aromatic rings. The molecule has 2 fully saturated rings. The summed E-state index contributed by atoms with van der Waals surface area (Å²) in [6.45, 7) is 1.80. The van der Waals surface area contributed by atoms with Gasteiger partial charge in [-0.25, -0.2) is 0 Å². The first kappa shape index (κ1) is 13.1. The van der Waals surface area contributed by atoms with Crippen LogP contribution in [0.5, 0.6) is 0 Å². The fourth-order valence-electron chi connectivity index (χ4n) is 3.08. The zero-order chi connectivity index (χ0) is 13.7. The van der Waals surface area contributed by atoms with Crippen molar-refractivity contribution in [2.75, 3.05) is 0 Å². The standard InChI is InChI=1S/C15H18BrNO2/c1-14(19)8-15(9-14,13(18)17-12-5-6-12)10-3-2-4-11(16)7-10/h2-4,7,12,19H,5-6,8-9H2,1H3,(H,17,18)/t14-,15+. The summed E-state index contributed by atoms with van der Waals surface area (Å²) >= 11 is 3.45. The molecule has 3 nitrogen and oxygen atoms in total. The molecule has 2 aliphatic rings. The summed E-state index contributed by atoms with van der Waals surface area (Å²) < 4.78 is 0.968. The second-order valence-corrected chi connectivity index (χ2v) is 7.11. The molecular weight excluding hydrogens is 306 g/mol. The van der Waals surface area contributed by atoms with Crippen LogP contribution in [0.3, 0.4) is 0 Å². The van der Waals surface area contributed by atoms with E-state index < -0.39 is 11.0 Å². The van der Waals surface area contributed by atoms with Crippen molar-refractivity contribution < 1.29 is 9.90 Å².